The third-order valence-electron chi connectivity index (χ3n) is 2.06. The van der Waals surface area contributed by atoms with Gasteiger partial charge in [0, 0.05) is 6.54 Å². The van der Waals surface area contributed by atoms with Gasteiger partial charge in [-0.25, -0.2) is 9.59 Å². The average molecular weight is 257 g/mol. The predicted octanol–water partition coefficient (Wildman–Crippen LogP) is 2.36. The third-order valence-corrected chi connectivity index (χ3v) is 2.06. The van der Waals surface area contributed by atoms with Crippen molar-refractivity contribution < 1.29 is 19.1 Å². The van der Waals surface area contributed by atoms with Crippen molar-refractivity contribution in [3.8, 4) is 0 Å². The molecule has 0 saturated heterocycles. The lowest BCUT2D eigenvalue weighted by atomic mass is 10.2. The van der Waals surface area contributed by atoms with Crippen LogP contribution in [0.2, 0.25) is 0 Å². The molecule has 0 unspecified atom stereocenters. The first-order valence-corrected chi connectivity index (χ1v) is 6.05. The van der Waals surface area contributed by atoms with Crippen LogP contribution in [0, 0.1) is 0 Å². The Morgan fingerprint density at radius 2 is 1.89 bits per heavy atom. The molecule has 104 valence electrons. The number of amides is 1. The number of nitrogens with zero attached hydrogens (tertiary/aromatic N) is 1. The highest BCUT2D eigenvalue weighted by Gasteiger charge is 2.30. The zero-order valence-electron chi connectivity index (χ0n) is 11.9. The minimum atomic E-state index is -0.815. The molecule has 0 aliphatic heterocycles. The fourth-order valence-corrected chi connectivity index (χ4v) is 1.34. The summed E-state index contributed by atoms with van der Waals surface area (Å²) in [6.45, 7) is 12.9. The minimum absolute atomic E-state index is 0.259. The summed E-state index contributed by atoms with van der Waals surface area (Å²) in [6.07, 6.45) is 0.828. The van der Waals surface area contributed by atoms with E-state index in [1.165, 1.54) is 11.0 Å². The molecule has 0 radical (unpaired) electrons. The van der Waals surface area contributed by atoms with E-state index in [0.29, 0.717) is 6.54 Å². The molecule has 0 heterocycles. The van der Waals surface area contributed by atoms with Crippen LogP contribution in [-0.4, -0.2) is 41.8 Å². The summed E-state index contributed by atoms with van der Waals surface area (Å²) in [6, 6.07) is -0.815. The van der Waals surface area contributed by atoms with Crippen LogP contribution < -0.4 is 0 Å². The van der Waals surface area contributed by atoms with Crippen LogP contribution in [0.4, 0.5) is 4.79 Å². The molecule has 5 nitrogen and oxygen atoms in total. The normalized spacial score (nSPS) is 12.5. The molecule has 0 aliphatic rings. The molecule has 0 spiro atoms. The Hall–Kier alpha value is -1.52. The Morgan fingerprint density at radius 1 is 1.33 bits per heavy atom. The number of hydrogen-bond donors (Lipinski definition) is 0. The molecule has 0 fully saturated rings. The van der Waals surface area contributed by atoms with Crippen LogP contribution in [0.5, 0.6) is 0 Å². The molecular formula is C13H23NO4. The van der Waals surface area contributed by atoms with Crippen molar-refractivity contribution in [3.05, 3.63) is 12.7 Å². The quantitative estimate of drug-likeness (QED) is 0.560. The SMILES string of the molecule is C=C[C@@H](C(=O)OCC)N(CC)C(=O)OC(C)(C)C. The van der Waals surface area contributed by atoms with E-state index >= 15 is 0 Å². The minimum Gasteiger partial charge on any atom is -0.464 e. The van der Waals surface area contributed by atoms with E-state index in [2.05, 4.69) is 6.58 Å². The van der Waals surface area contributed by atoms with Gasteiger partial charge in [0.1, 0.15) is 5.60 Å². The summed E-state index contributed by atoms with van der Waals surface area (Å²) >= 11 is 0. The first-order valence-electron chi connectivity index (χ1n) is 6.05. The van der Waals surface area contributed by atoms with E-state index in [9.17, 15) is 9.59 Å². The van der Waals surface area contributed by atoms with E-state index in [1.807, 2.05) is 0 Å². The summed E-state index contributed by atoms with van der Waals surface area (Å²) in [7, 11) is 0. The number of carbonyl (C=O) groups excluding carboxylic acids is 2. The molecule has 0 saturated carbocycles. The van der Waals surface area contributed by atoms with Gasteiger partial charge in [-0.2, -0.15) is 0 Å². The van der Waals surface area contributed by atoms with E-state index in [0.717, 1.165) is 0 Å². The van der Waals surface area contributed by atoms with Crippen molar-refractivity contribution in [2.75, 3.05) is 13.2 Å². The Morgan fingerprint density at radius 3 is 2.22 bits per heavy atom. The lowest BCUT2D eigenvalue weighted by Crippen LogP contribution is -2.46. The molecule has 1 atom stereocenters. The van der Waals surface area contributed by atoms with Gasteiger partial charge in [0.25, 0.3) is 0 Å². The van der Waals surface area contributed by atoms with Gasteiger partial charge in [-0.3, -0.25) is 4.90 Å². The number of likely N-dealkylation sites (N-methyl/N-ethyl adjacent to an activating group) is 1. The molecule has 0 bridgehead atoms. The molecule has 1 amide bonds. The first-order chi connectivity index (χ1) is 8.26. The van der Waals surface area contributed by atoms with Gasteiger partial charge >= 0.3 is 12.1 Å². The fraction of sp³-hybridized carbons (Fsp3) is 0.692. The van der Waals surface area contributed by atoms with Crippen molar-refractivity contribution in [1.29, 1.82) is 0 Å². The molecule has 0 aliphatic carbocycles. The van der Waals surface area contributed by atoms with Gasteiger partial charge in [0.15, 0.2) is 6.04 Å². The fourth-order valence-electron chi connectivity index (χ4n) is 1.34. The van der Waals surface area contributed by atoms with Crippen LogP contribution in [0.3, 0.4) is 0 Å². The van der Waals surface area contributed by atoms with Crippen molar-refractivity contribution in [3.63, 3.8) is 0 Å². The van der Waals surface area contributed by atoms with Gasteiger partial charge in [0.05, 0.1) is 6.61 Å². The van der Waals surface area contributed by atoms with Crippen molar-refractivity contribution >= 4 is 12.1 Å². The zero-order chi connectivity index (χ0) is 14.3. The van der Waals surface area contributed by atoms with Crippen LogP contribution in [0.1, 0.15) is 34.6 Å². The van der Waals surface area contributed by atoms with Crippen LogP contribution >= 0.6 is 0 Å². The second-order valence-corrected chi connectivity index (χ2v) is 4.70. The molecule has 0 aromatic carbocycles. The van der Waals surface area contributed by atoms with E-state index in [4.69, 9.17) is 9.47 Å². The molecule has 0 aromatic heterocycles. The number of esters is 1. The van der Waals surface area contributed by atoms with Crippen molar-refractivity contribution in [2.45, 2.75) is 46.3 Å². The van der Waals surface area contributed by atoms with Gasteiger partial charge in [-0.05, 0) is 34.6 Å². The highest BCUT2D eigenvalue weighted by Crippen LogP contribution is 2.13. The Kier molecular flexibility index (Phi) is 6.44. The number of hydrogen-bond acceptors (Lipinski definition) is 4. The van der Waals surface area contributed by atoms with Gasteiger partial charge < -0.3 is 9.47 Å². The molecule has 5 heteroatoms. The van der Waals surface area contributed by atoms with E-state index < -0.39 is 23.7 Å². The Balaban J connectivity index is 4.87. The van der Waals surface area contributed by atoms with Gasteiger partial charge in [0.2, 0.25) is 0 Å². The largest absolute Gasteiger partial charge is 0.464 e. The maximum atomic E-state index is 11.9. The molecule has 0 aromatic rings. The maximum absolute atomic E-state index is 11.9. The molecule has 18 heavy (non-hydrogen) atoms. The number of ether oxygens (including phenoxy) is 2. The van der Waals surface area contributed by atoms with Crippen LogP contribution in [0.15, 0.2) is 12.7 Å². The lowest BCUT2D eigenvalue weighted by molar-refractivity contribution is -0.147. The molecular weight excluding hydrogens is 234 g/mol. The summed E-state index contributed by atoms with van der Waals surface area (Å²) in [5.74, 6) is -0.500. The van der Waals surface area contributed by atoms with Gasteiger partial charge in [-0.1, -0.05) is 6.08 Å². The second-order valence-electron chi connectivity index (χ2n) is 4.70. The summed E-state index contributed by atoms with van der Waals surface area (Å²) in [4.78, 5) is 24.9. The Bertz CT molecular complexity index is 307. The second kappa shape index (κ2) is 7.03. The number of rotatable bonds is 5. The van der Waals surface area contributed by atoms with Crippen molar-refractivity contribution in [2.24, 2.45) is 0 Å². The zero-order valence-corrected chi connectivity index (χ0v) is 11.9. The first kappa shape index (κ1) is 16.5. The standard InChI is InChI=1S/C13H23NO4/c1-7-10(11(15)17-9-3)14(8-2)12(16)18-13(4,5)6/h7,10H,1,8-9H2,2-6H3/t10-/m0/s1. The summed E-state index contributed by atoms with van der Waals surface area (Å²) in [5.41, 5.74) is -0.606. The van der Waals surface area contributed by atoms with Crippen LogP contribution in [0.25, 0.3) is 0 Å². The van der Waals surface area contributed by atoms with Crippen molar-refractivity contribution in [1.82, 2.24) is 4.90 Å². The molecule has 0 rings (SSSR count). The smallest absolute Gasteiger partial charge is 0.411 e. The summed E-state index contributed by atoms with van der Waals surface area (Å²) < 4.78 is 10.1. The monoisotopic (exact) mass is 257 g/mol. The lowest BCUT2D eigenvalue weighted by Gasteiger charge is -2.29. The number of carbonyl (C=O) groups is 2. The maximum Gasteiger partial charge on any atom is 0.411 e. The predicted molar refractivity (Wildman–Crippen MR) is 69.2 cm³/mol. The van der Waals surface area contributed by atoms with E-state index in [1.54, 1.807) is 34.6 Å². The topological polar surface area (TPSA) is 55.8 Å². The average Bonchev–Trinajstić information content (AvgIpc) is 2.22. The molecule has 0 N–H and O–H groups in total. The Labute approximate surface area is 109 Å². The summed E-state index contributed by atoms with van der Waals surface area (Å²) in [5, 5.41) is 0. The van der Waals surface area contributed by atoms with Crippen LogP contribution in [-0.2, 0) is 14.3 Å². The van der Waals surface area contributed by atoms with E-state index in [-0.39, 0.29) is 6.61 Å². The highest BCUT2D eigenvalue weighted by atomic mass is 16.6. The third kappa shape index (κ3) is 5.21. The van der Waals surface area contributed by atoms with Gasteiger partial charge in [-0.15, -0.1) is 6.58 Å². The highest BCUT2D eigenvalue weighted by molar-refractivity contribution is 5.83.